The minimum Gasteiger partial charge on any atom is -0.507 e. The molecule has 2 unspecified atom stereocenters. The van der Waals surface area contributed by atoms with Crippen LogP contribution in [0.2, 0.25) is 0 Å². The molecule has 1 aromatic carbocycles. The predicted octanol–water partition coefficient (Wildman–Crippen LogP) is 2.93. The number of rotatable bonds is 6. The van der Waals surface area contributed by atoms with Gasteiger partial charge in [-0.1, -0.05) is 26.3 Å². The van der Waals surface area contributed by atoms with Crippen LogP contribution in [-0.4, -0.2) is 18.3 Å². The van der Waals surface area contributed by atoms with Crippen molar-refractivity contribution in [1.82, 2.24) is 5.32 Å². The van der Waals surface area contributed by atoms with Crippen molar-refractivity contribution in [2.75, 3.05) is 7.11 Å². The van der Waals surface area contributed by atoms with E-state index in [0.29, 0.717) is 24.3 Å². The van der Waals surface area contributed by atoms with Gasteiger partial charge in [-0.05, 0) is 18.9 Å². The van der Waals surface area contributed by atoms with Gasteiger partial charge in [0.15, 0.2) is 0 Å². The van der Waals surface area contributed by atoms with Crippen LogP contribution in [0, 0.1) is 5.92 Å². The molecule has 17 heavy (non-hydrogen) atoms. The van der Waals surface area contributed by atoms with E-state index in [2.05, 4.69) is 26.1 Å². The Labute approximate surface area is 104 Å². The number of hydrogen-bond acceptors (Lipinski definition) is 3. The molecule has 1 aromatic rings. The molecule has 0 aliphatic rings. The summed E-state index contributed by atoms with van der Waals surface area (Å²) in [7, 11) is 1.59. The zero-order chi connectivity index (χ0) is 12.8. The molecule has 2 atom stereocenters. The Kier molecular flexibility index (Phi) is 5.29. The molecule has 0 amide bonds. The number of ether oxygens (including phenoxy) is 1. The summed E-state index contributed by atoms with van der Waals surface area (Å²) in [5.41, 5.74) is 0.904. The Morgan fingerprint density at radius 2 is 2.06 bits per heavy atom. The predicted molar refractivity (Wildman–Crippen MR) is 70.4 cm³/mol. The Balaban J connectivity index is 2.57. The number of hydrogen-bond donors (Lipinski definition) is 2. The van der Waals surface area contributed by atoms with Crippen molar-refractivity contribution in [3.63, 3.8) is 0 Å². The Morgan fingerprint density at radius 3 is 2.59 bits per heavy atom. The quantitative estimate of drug-likeness (QED) is 0.799. The third-order valence-corrected chi connectivity index (χ3v) is 3.40. The van der Waals surface area contributed by atoms with E-state index in [9.17, 15) is 5.11 Å². The normalized spacial score (nSPS) is 14.4. The fourth-order valence-corrected chi connectivity index (χ4v) is 1.65. The van der Waals surface area contributed by atoms with Crippen molar-refractivity contribution in [3.8, 4) is 11.5 Å². The van der Waals surface area contributed by atoms with Crippen LogP contribution in [0.5, 0.6) is 11.5 Å². The van der Waals surface area contributed by atoms with E-state index in [1.165, 1.54) is 0 Å². The lowest BCUT2D eigenvalue weighted by molar-refractivity contribution is 0.382. The molecule has 0 saturated carbocycles. The van der Waals surface area contributed by atoms with Crippen LogP contribution in [0.4, 0.5) is 0 Å². The van der Waals surface area contributed by atoms with Crippen LogP contribution in [0.25, 0.3) is 0 Å². The molecule has 3 heteroatoms. The van der Waals surface area contributed by atoms with Gasteiger partial charge < -0.3 is 15.2 Å². The van der Waals surface area contributed by atoms with Gasteiger partial charge in [-0.3, -0.25) is 0 Å². The second-order valence-electron chi connectivity index (χ2n) is 4.55. The monoisotopic (exact) mass is 237 g/mol. The maximum atomic E-state index is 9.81. The van der Waals surface area contributed by atoms with Gasteiger partial charge in [0.05, 0.1) is 7.11 Å². The van der Waals surface area contributed by atoms with Crippen molar-refractivity contribution < 1.29 is 9.84 Å². The molecule has 3 nitrogen and oxygen atoms in total. The Bertz CT molecular complexity index is 352. The van der Waals surface area contributed by atoms with Crippen molar-refractivity contribution >= 4 is 0 Å². The van der Waals surface area contributed by atoms with E-state index in [0.717, 1.165) is 12.0 Å². The van der Waals surface area contributed by atoms with Gasteiger partial charge in [-0.2, -0.15) is 0 Å². The van der Waals surface area contributed by atoms with E-state index >= 15 is 0 Å². The van der Waals surface area contributed by atoms with E-state index in [4.69, 9.17) is 4.74 Å². The summed E-state index contributed by atoms with van der Waals surface area (Å²) in [5, 5.41) is 13.2. The maximum Gasteiger partial charge on any atom is 0.123 e. The number of methoxy groups -OCH3 is 1. The van der Waals surface area contributed by atoms with Gasteiger partial charge in [0.1, 0.15) is 11.5 Å². The van der Waals surface area contributed by atoms with Gasteiger partial charge in [0, 0.05) is 24.2 Å². The molecular formula is C14H23NO2. The zero-order valence-electron chi connectivity index (χ0n) is 11.2. The van der Waals surface area contributed by atoms with Crippen LogP contribution < -0.4 is 10.1 Å². The second kappa shape index (κ2) is 6.50. The highest BCUT2D eigenvalue weighted by Crippen LogP contribution is 2.23. The van der Waals surface area contributed by atoms with Crippen molar-refractivity contribution in [3.05, 3.63) is 23.8 Å². The van der Waals surface area contributed by atoms with Gasteiger partial charge >= 0.3 is 0 Å². The van der Waals surface area contributed by atoms with Crippen LogP contribution in [-0.2, 0) is 6.54 Å². The number of phenolic OH excluding ortho intramolecular Hbond substituents is 1. The molecule has 0 saturated heterocycles. The molecule has 2 N–H and O–H groups in total. The molecular weight excluding hydrogens is 214 g/mol. The summed E-state index contributed by atoms with van der Waals surface area (Å²) < 4.78 is 5.05. The first-order chi connectivity index (χ1) is 8.08. The number of benzene rings is 1. The van der Waals surface area contributed by atoms with Crippen LogP contribution in [0.15, 0.2) is 18.2 Å². The topological polar surface area (TPSA) is 41.5 Å². The summed E-state index contributed by atoms with van der Waals surface area (Å²) >= 11 is 0. The fourth-order valence-electron chi connectivity index (χ4n) is 1.65. The van der Waals surface area contributed by atoms with E-state index in [1.54, 1.807) is 13.2 Å². The van der Waals surface area contributed by atoms with Crippen molar-refractivity contribution in [1.29, 1.82) is 0 Å². The first-order valence-corrected chi connectivity index (χ1v) is 6.17. The van der Waals surface area contributed by atoms with Crippen molar-refractivity contribution in [2.24, 2.45) is 5.92 Å². The summed E-state index contributed by atoms with van der Waals surface area (Å²) in [6.07, 6.45) is 1.16. The minimum absolute atomic E-state index is 0.285. The Hall–Kier alpha value is -1.22. The average Bonchev–Trinajstić information content (AvgIpc) is 2.35. The van der Waals surface area contributed by atoms with Gasteiger partial charge in [0.2, 0.25) is 0 Å². The van der Waals surface area contributed by atoms with E-state index in [1.807, 2.05) is 12.1 Å². The third kappa shape index (κ3) is 3.93. The maximum absolute atomic E-state index is 9.81. The lowest BCUT2D eigenvalue weighted by atomic mass is 10.0. The molecule has 0 bridgehead atoms. The minimum atomic E-state index is 0.285. The number of nitrogens with one attached hydrogen (secondary N) is 1. The molecule has 1 rings (SSSR count). The third-order valence-electron chi connectivity index (χ3n) is 3.40. The highest BCUT2D eigenvalue weighted by molar-refractivity contribution is 5.39. The molecule has 0 radical (unpaired) electrons. The molecule has 0 heterocycles. The lowest BCUT2D eigenvalue weighted by Crippen LogP contribution is -2.31. The summed E-state index contributed by atoms with van der Waals surface area (Å²) in [6, 6.07) is 5.85. The van der Waals surface area contributed by atoms with E-state index in [-0.39, 0.29) is 5.75 Å². The number of aromatic hydroxyl groups is 1. The fraction of sp³-hybridized carbons (Fsp3) is 0.571. The summed E-state index contributed by atoms with van der Waals surface area (Å²) in [6.45, 7) is 7.27. The van der Waals surface area contributed by atoms with Gasteiger partial charge in [-0.15, -0.1) is 0 Å². The summed E-state index contributed by atoms with van der Waals surface area (Å²) in [4.78, 5) is 0. The lowest BCUT2D eigenvalue weighted by Gasteiger charge is -2.20. The highest BCUT2D eigenvalue weighted by atomic mass is 16.5. The molecule has 0 fully saturated rings. The molecule has 0 aliphatic heterocycles. The van der Waals surface area contributed by atoms with Crippen LogP contribution >= 0.6 is 0 Å². The molecule has 0 aromatic heterocycles. The van der Waals surface area contributed by atoms with Crippen LogP contribution in [0.3, 0.4) is 0 Å². The van der Waals surface area contributed by atoms with Crippen molar-refractivity contribution in [2.45, 2.75) is 39.8 Å². The van der Waals surface area contributed by atoms with E-state index < -0.39 is 0 Å². The summed E-state index contributed by atoms with van der Waals surface area (Å²) in [5.74, 6) is 1.60. The highest BCUT2D eigenvalue weighted by Gasteiger charge is 2.10. The molecule has 0 aliphatic carbocycles. The van der Waals surface area contributed by atoms with Gasteiger partial charge in [-0.25, -0.2) is 0 Å². The smallest absolute Gasteiger partial charge is 0.123 e. The molecule has 96 valence electrons. The first-order valence-electron chi connectivity index (χ1n) is 6.17. The first kappa shape index (κ1) is 13.8. The largest absolute Gasteiger partial charge is 0.507 e. The van der Waals surface area contributed by atoms with Crippen LogP contribution in [0.1, 0.15) is 32.8 Å². The number of phenols is 1. The zero-order valence-corrected chi connectivity index (χ0v) is 11.2. The Morgan fingerprint density at radius 1 is 1.35 bits per heavy atom. The van der Waals surface area contributed by atoms with Gasteiger partial charge in [0.25, 0.3) is 0 Å². The SMILES string of the molecule is CCC(C)C(C)NCc1ccc(OC)cc1O. The average molecular weight is 237 g/mol. The second-order valence-corrected chi connectivity index (χ2v) is 4.55. The molecule has 0 spiro atoms. The standard InChI is InChI=1S/C14H23NO2/c1-5-10(2)11(3)15-9-12-6-7-13(17-4)8-14(12)16/h6-8,10-11,15-16H,5,9H2,1-4H3.